The number of carbonyl (C=O) groups is 1. The molecular weight excluding hydrogens is 312 g/mol. The van der Waals surface area contributed by atoms with Gasteiger partial charge in [0.05, 0.1) is 11.3 Å². The molecule has 0 aliphatic heterocycles. The Morgan fingerprint density at radius 1 is 1.26 bits per heavy atom. The van der Waals surface area contributed by atoms with Crippen molar-refractivity contribution in [1.82, 2.24) is 15.0 Å². The third kappa shape index (κ3) is 3.45. The van der Waals surface area contributed by atoms with Gasteiger partial charge in [0.25, 0.3) is 5.56 Å². The summed E-state index contributed by atoms with van der Waals surface area (Å²) in [6.45, 7) is 3.80. The van der Waals surface area contributed by atoms with Crippen molar-refractivity contribution in [2.24, 2.45) is 0 Å². The predicted octanol–water partition coefficient (Wildman–Crippen LogP) is 2.60. The van der Waals surface area contributed by atoms with E-state index in [4.69, 9.17) is 0 Å². The number of aromatic nitrogens is 3. The molecule has 6 nitrogen and oxygen atoms in total. The van der Waals surface area contributed by atoms with Gasteiger partial charge in [-0.15, -0.1) is 0 Å². The van der Waals surface area contributed by atoms with Crippen LogP contribution in [0.25, 0.3) is 11.0 Å². The van der Waals surface area contributed by atoms with Crippen LogP contribution < -0.4 is 10.9 Å². The van der Waals surface area contributed by atoms with Gasteiger partial charge in [-0.2, -0.15) is 0 Å². The molecule has 0 radical (unpaired) electrons. The number of carbonyl (C=O) groups excluding carboxylic acids is 1. The molecule has 0 spiro atoms. The summed E-state index contributed by atoms with van der Waals surface area (Å²) >= 11 is 1.20. The Labute approximate surface area is 136 Å². The third-order valence-electron chi connectivity index (χ3n) is 3.36. The van der Waals surface area contributed by atoms with Crippen LogP contribution in [0.5, 0.6) is 0 Å². The van der Waals surface area contributed by atoms with Crippen LogP contribution in [0.15, 0.2) is 40.3 Å². The minimum Gasteiger partial charge on any atom is -0.353 e. The van der Waals surface area contributed by atoms with E-state index in [0.29, 0.717) is 16.2 Å². The number of nitrogens with one attached hydrogen (secondary N) is 3. The number of benzene rings is 1. The van der Waals surface area contributed by atoms with E-state index < -0.39 is 0 Å². The van der Waals surface area contributed by atoms with Gasteiger partial charge in [0.2, 0.25) is 5.91 Å². The smallest absolute Gasteiger partial charge is 0.275 e. The highest BCUT2D eigenvalue weighted by atomic mass is 32.2. The van der Waals surface area contributed by atoms with Crippen LogP contribution in [-0.4, -0.2) is 26.6 Å². The van der Waals surface area contributed by atoms with Gasteiger partial charge in [-0.25, -0.2) is 4.98 Å². The zero-order valence-corrected chi connectivity index (χ0v) is 13.6. The second-order valence-corrected chi connectivity index (χ2v) is 6.20. The largest absolute Gasteiger partial charge is 0.353 e. The van der Waals surface area contributed by atoms with Gasteiger partial charge >= 0.3 is 0 Å². The van der Waals surface area contributed by atoms with E-state index >= 15 is 0 Å². The molecule has 0 fully saturated rings. The van der Waals surface area contributed by atoms with Gasteiger partial charge < -0.3 is 10.3 Å². The van der Waals surface area contributed by atoms with E-state index in [2.05, 4.69) is 20.3 Å². The fraction of sp³-hybridized carbons (Fsp3) is 0.188. The van der Waals surface area contributed by atoms with Crippen molar-refractivity contribution < 1.29 is 4.79 Å². The Hall–Kier alpha value is -2.54. The van der Waals surface area contributed by atoms with Crippen LogP contribution in [0.3, 0.4) is 0 Å². The SMILES string of the molecule is Cc1cc2nc(SCC(=O)Nc3ccccc3C)[nH]c(=O)c2[nH]1. The number of fused-ring (bicyclic) bond motifs is 1. The molecule has 7 heteroatoms. The minimum atomic E-state index is -0.232. The van der Waals surface area contributed by atoms with E-state index in [1.54, 1.807) is 0 Å². The molecule has 2 aromatic heterocycles. The fourth-order valence-electron chi connectivity index (χ4n) is 2.23. The van der Waals surface area contributed by atoms with Crippen molar-refractivity contribution >= 4 is 34.4 Å². The van der Waals surface area contributed by atoms with Gasteiger partial charge in [-0.3, -0.25) is 14.6 Å². The highest BCUT2D eigenvalue weighted by molar-refractivity contribution is 7.99. The molecule has 0 bridgehead atoms. The van der Waals surface area contributed by atoms with E-state index in [1.165, 1.54) is 11.8 Å². The van der Waals surface area contributed by atoms with Crippen LogP contribution in [0.4, 0.5) is 5.69 Å². The number of hydrogen-bond acceptors (Lipinski definition) is 4. The number of aromatic amines is 2. The van der Waals surface area contributed by atoms with Crippen LogP contribution >= 0.6 is 11.8 Å². The molecule has 0 aliphatic rings. The van der Waals surface area contributed by atoms with Crippen molar-refractivity contribution in [3.8, 4) is 0 Å². The van der Waals surface area contributed by atoms with Gasteiger partial charge in [0.15, 0.2) is 5.16 Å². The molecule has 2 heterocycles. The van der Waals surface area contributed by atoms with Crippen LogP contribution in [-0.2, 0) is 4.79 Å². The molecular formula is C16H16N4O2S. The van der Waals surface area contributed by atoms with Gasteiger partial charge in [-0.1, -0.05) is 30.0 Å². The first-order chi connectivity index (χ1) is 11.0. The van der Waals surface area contributed by atoms with Gasteiger partial charge in [0, 0.05) is 11.4 Å². The summed E-state index contributed by atoms with van der Waals surface area (Å²) in [7, 11) is 0. The van der Waals surface area contributed by atoms with E-state index in [0.717, 1.165) is 16.9 Å². The second-order valence-electron chi connectivity index (χ2n) is 5.24. The number of anilines is 1. The maximum absolute atomic E-state index is 12.0. The van der Waals surface area contributed by atoms with Gasteiger partial charge in [0.1, 0.15) is 5.52 Å². The lowest BCUT2D eigenvalue weighted by Gasteiger charge is -2.07. The molecule has 0 aliphatic carbocycles. The monoisotopic (exact) mass is 328 g/mol. The maximum atomic E-state index is 12.0. The molecule has 1 aromatic carbocycles. The lowest BCUT2D eigenvalue weighted by Crippen LogP contribution is -2.16. The van der Waals surface area contributed by atoms with Crippen molar-refractivity contribution in [2.75, 3.05) is 11.1 Å². The molecule has 1 amide bonds. The Kier molecular flexibility index (Phi) is 4.20. The molecule has 0 saturated heterocycles. The molecule has 0 atom stereocenters. The van der Waals surface area contributed by atoms with Crippen LogP contribution in [0, 0.1) is 13.8 Å². The fourth-order valence-corrected chi connectivity index (χ4v) is 2.90. The zero-order valence-electron chi connectivity index (χ0n) is 12.8. The number of rotatable bonds is 4. The Morgan fingerprint density at radius 3 is 2.83 bits per heavy atom. The summed E-state index contributed by atoms with van der Waals surface area (Å²) in [5.74, 6) is 0.0314. The molecule has 3 N–H and O–H groups in total. The quantitative estimate of drug-likeness (QED) is 0.507. The maximum Gasteiger partial charge on any atom is 0.275 e. The standard InChI is InChI=1S/C16H16N4O2S/c1-9-5-3-4-6-11(9)18-13(21)8-23-16-19-12-7-10(2)17-14(12)15(22)20-16/h3-7,17H,8H2,1-2H3,(H,18,21)(H,19,20,22). The normalized spacial score (nSPS) is 10.9. The lowest BCUT2D eigenvalue weighted by molar-refractivity contribution is -0.113. The summed E-state index contributed by atoms with van der Waals surface area (Å²) in [5, 5.41) is 3.28. The topological polar surface area (TPSA) is 90.6 Å². The van der Waals surface area contributed by atoms with E-state index in [-0.39, 0.29) is 17.2 Å². The zero-order chi connectivity index (χ0) is 16.4. The summed E-state index contributed by atoms with van der Waals surface area (Å²) in [4.78, 5) is 34.0. The number of H-pyrrole nitrogens is 2. The summed E-state index contributed by atoms with van der Waals surface area (Å²) < 4.78 is 0. The first-order valence-corrected chi connectivity index (χ1v) is 8.09. The number of nitrogens with zero attached hydrogens (tertiary/aromatic N) is 1. The second kappa shape index (κ2) is 6.29. The van der Waals surface area contributed by atoms with Crippen LogP contribution in [0.2, 0.25) is 0 Å². The number of aryl methyl sites for hydroxylation is 2. The molecule has 118 valence electrons. The van der Waals surface area contributed by atoms with Gasteiger partial charge in [-0.05, 0) is 31.5 Å². The molecule has 0 unspecified atom stereocenters. The molecule has 3 rings (SSSR count). The Morgan fingerprint density at radius 2 is 2.04 bits per heavy atom. The molecule has 23 heavy (non-hydrogen) atoms. The summed E-state index contributed by atoms with van der Waals surface area (Å²) in [6, 6.07) is 9.39. The summed E-state index contributed by atoms with van der Waals surface area (Å²) in [5.41, 5.74) is 3.49. The van der Waals surface area contributed by atoms with Crippen molar-refractivity contribution in [3.05, 3.63) is 51.9 Å². The number of hydrogen-bond donors (Lipinski definition) is 3. The summed E-state index contributed by atoms with van der Waals surface area (Å²) in [6.07, 6.45) is 0. The van der Waals surface area contributed by atoms with E-state index in [1.807, 2.05) is 44.2 Å². The average Bonchev–Trinajstić information content (AvgIpc) is 2.89. The highest BCUT2D eigenvalue weighted by Gasteiger charge is 2.10. The van der Waals surface area contributed by atoms with Crippen LogP contribution in [0.1, 0.15) is 11.3 Å². The predicted molar refractivity (Wildman–Crippen MR) is 92.0 cm³/mol. The molecule has 0 saturated carbocycles. The first-order valence-electron chi connectivity index (χ1n) is 7.11. The Bertz CT molecular complexity index is 929. The average molecular weight is 328 g/mol. The molecule has 3 aromatic rings. The van der Waals surface area contributed by atoms with Crippen molar-refractivity contribution in [2.45, 2.75) is 19.0 Å². The first kappa shape index (κ1) is 15.4. The lowest BCUT2D eigenvalue weighted by atomic mass is 10.2. The highest BCUT2D eigenvalue weighted by Crippen LogP contribution is 2.17. The number of amides is 1. The van der Waals surface area contributed by atoms with Crippen molar-refractivity contribution in [1.29, 1.82) is 0 Å². The minimum absolute atomic E-state index is 0.141. The Balaban J connectivity index is 1.69. The van der Waals surface area contributed by atoms with E-state index in [9.17, 15) is 9.59 Å². The van der Waals surface area contributed by atoms with Crippen molar-refractivity contribution in [3.63, 3.8) is 0 Å². The third-order valence-corrected chi connectivity index (χ3v) is 4.23. The number of thioether (sulfide) groups is 1. The number of para-hydroxylation sites is 1.